The van der Waals surface area contributed by atoms with Gasteiger partial charge in [-0.1, -0.05) is 17.7 Å². The van der Waals surface area contributed by atoms with Crippen LogP contribution in [0.5, 0.6) is 0 Å². The van der Waals surface area contributed by atoms with Gasteiger partial charge >= 0.3 is 0 Å². The van der Waals surface area contributed by atoms with E-state index in [-0.39, 0.29) is 11.1 Å². The molecule has 0 saturated heterocycles. The monoisotopic (exact) mass is 315 g/mol. The summed E-state index contributed by atoms with van der Waals surface area (Å²) in [6.07, 6.45) is 3.13. The second-order valence-corrected chi connectivity index (χ2v) is 5.00. The lowest BCUT2D eigenvalue weighted by molar-refractivity contribution is 0.0946. The van der Waals surface area contributed by atoms with Gasteiger partial charge in [-0.15, -0.1) is 0 Å². The summed E-state index contributed by atoms with van der Waals surface area (Å²) in [6.45, 7) is 2.68. The molecule has 0 radical (unpaired) electrons. The molecule has 22 heavy (non-hydrogen) atoms. The molecule has 0 spiro atoms. The molecular weight excluding hydrogens is 298 g/mol. The van der Waals surface area contributed by atoms with E-state index >= 15 is 0 Å². The summed E-state index contributed by atoms with van der Waals surface area (Å²) in [4.78, 5) is 15.6. The fraction of sp³-hybridized carbons (Fsp3) is 0.188. The van der Waals surface area contributed by atoms with Crippen LogP contribution in [0.1, 0.15) is 15.9 Å². The number of ether oxygens (including phenoxy) is 1. The first-order chi connectivity index (χ1) is 10.6. The molecule has 0 fully saturated rings. The minimum absolute atomic E-state index is 0.186. The minimum Gasteiger partial charge on any atom is -0.469 e. The van der Waals surface area contributed by atoms with Gasteiger partial charge in [0.2, 0.25) is 0 Å². The van der Waals surface area contributed by atoms with Crippen molar-refractivity contribution in [2.45, 2.75) is 6.92 Å². The molecule has 2 rings (SSSR count). The Balaban J connectivity index is 1.67. The molecule has 0 aliphatic carbocycles. The van der Waals surface area contributed by atoms with Gasteiger partial charge in [0.25, 0.3) is 11.1 Å². The molecule has 2 N–H and O–H groups in total. The van der Waals surface area contributed by atoms with Crippen molar-refractivity contribution < 1.29 is 9.53 Å². The Hall–Kier alpha value is -2.47. The molecule has 0 saturated carbocycles. The van der Waals surface area contributed by atoms with E-state index in [0.29, 0.717) is 18.7 Å². The largest absolute Gasteiger partial charge is 0.469 e. The molecule has 114 valence electrons. The number of amides is 1. The van der Waals surface area contributed by atoms with Gasteiger partial charge in [-0.05, 0) is 43.4 Å². The van der Waals surface area contributed by atoms with E-state index in [4.69, 9.17) is 17.0 Å². The molecule has 0 atom stereocenters. The second-order valence-electron chi connectivity index (χ2n) is 4.62. The predicted octanol–water partition coefficient (Wildman–Crippen LogP) is 2.53. The fourth-order valence-electron chi connectivity index (χ4n) is 1.70. The van der Waals surface area contributed by atoms with Crippen LogP contribution in [-0.2, 0) is 4.74 Å². The molecular formula is C16H17N3O2S. The van der Waals surface area contributed by atoms with E-state index < -0.39 is 0 Å². The number of thiocarbonyl (C=S) groups is 1. The lowest BCUT2D eigenvalue weighted by atomic mass is 10.2. The average molecular weight is 315 g/mol. The van der Waals surface area contributed by atoms with Gasteiger partial charge in [-0.25, -0.2) is 0 Å². The Kier molecular flexibility index (Phi) is 5.85. The highest BCUT2D eigenvalue weighted by Gasteiger charge is 2.04. The van der Waals surface area contributed by atoms with Crippen LogP contribution in [0.4, 0.5) is 5.69 Å². The van der Waals surface area contributed by atoms with Crippen molar-refractivity contribution in [1.29, 1.82) is 0 Å². The molecule has 1 aromatic heterocycles. The zero-order valence-corrected chi connectivity index (χ0v) is 13.0. The van der Waals surface area contributed by atoms with Crippen LogP contribution >= 0.6 is 12.2 Å². The summed E-state index contributed by atoms with van der Waals surface area (Å²) in [5.41, 5.74) is 2.56. The normalized spacial score (nSPS) is 9.86. The Bertz CT molecular complexity index is 630. The van der Waals surface area contributed by atoms with Crippen molar-refractivity contribution >= 4 is 29.0 Å². The van der Waals surface area contributed by atoms with Crippen LogP contribution in [0.3, 0.4) is 0 Å². The SMILES string of the molecule is Cc1ccc(NC(=S)OCCNC(=O)c2cccnc2)cc1. The summed E-state index contributed by atoms with van der Waals surface area (Å²) in [6, 6.07) is 11.2. The Morgan fingerprint density at radius 2 is 2.05 bits per heavy atom. The maximum absolute atomic E-state index is 11.8. The molecule has 0 bridgehead atoms. The zero-order valence-electron chi connectivity index (χ0n) is 12.2. The van der Waals surface area contributed by atoms with Crippen LogP contribution in [0.15, 0.2) is 48.8 Å². The summed E-state index contributed by atoms with van der Waals surface area (Å²) in [5.74, 6) is -0.186. The van der Waals surface area contributed by atoms with Crippen LogP contribution in [0.2, 0.25) is 0 Å². The third kappa shape index (κ3) is 5.14. The molecule has 0 aliphatic heterocycles. The van der Waals surface area contributed by atoms with Crippen LogP contribution in [-0.4, -0.2) is 29.2 Å². The Morgan fingerprint density at radius 3 is 2.73 bits per heavy atom. The highest BCUT2D eigenvalue weighted by atomic mass is 32.1. The summed E-state index contributed by atoms with van der Waals surface area (Å²) in [7, 11) is 0. The van der Waals surface area contributed by atoms with Crippen LogP contribution in [0.25, 0.3) is 0 Å². The number of benzene rings is 1. The second kappa shape index (κ2) is 8.09. The molecule has 1 heterocycles. The number of carbonyl (C=O) groups is 1. The van der Waals surface area contributed by atoms with E-state index in [1.807, 2.05) is 31.2 Å². The van der Waals surface area contributed by atoms with E-state index in [9.17, 15) is 4.79 Å². The maximum Gasteiger partial charge on any atom is 0.261 e. The zero-order chi connectivity index (χ0) is 15.8. The van der Waals surface area contributed by atoms with E-state index in [2.05, 4.69) is 15.6 Å². The van der Waals surface area contributed by atoms with E-state index in [1.165, 1.54) is 11.8 Å². The first kappa shape index (κ1) is 15.9. The Morgan fingerprint density at radius 1 is 1.27 bits per heavy atom. The van der Waals surface area contributed by atoms with Gasteiger partial charge < -0.3 is 15.4 Å². The number of aryl methyl sites for hydroxylation is 1. The molecule has 0 aliphatic rings. The number of hydrogen-bond acceptors (Lipinski definition) is 4. The van der Waals surface area contributed by atoms with Crippen LogP contribution in [0, 0.1) is 6.92 Å². The maximum atomic E-state index is 11.8. The van der Waals surface area contributed by atoms with E-state index in [1.54, 1.807) is 18.3 Å². The minimum atomic E-state index is -0.186. The molecule has 1 aromatic carbocycles. The molecule has 0 unspecified atom stereocenters. The number of hydrogen-bond donors (Lipinski definition) is 2. The number of nitrogens with one attached hydrogen (secondary N) is 2. The number of aromatic nitrogens is 1. The number of anilines is 1. The number of nitrogens with zero attached hydrogens (tertiary/aromatic N) is 1. The van der Waals surface area contributed by atoms with Gasteiger partial charge in [0.15, 0.2) is 0 Å². The highest BCUT2D eigenvalue weighted by Crippen LogP contribution is 2.08. The van der Waals surface area contributed by atoms with E-state index in [0.717, 1.165) is 5.69 Å². The highest BCUT2D eigenvalue weighted by molar-refractivity contribution is 7.80. The summed E-state index contributed by atoms with van der Waals surface area (Å²) < 4.78 is 5.35. The smallest absolute Gasteiger partial charge is 0.261 e. The van der Waals surface area contributed by atoms with Crippen molar-refractivity contribution in [2.24, 2.45) is 0 Å². The number of carbonyl (C=O) groups excluding carboxylic acids is 1. The Labute approximate surface area is 134 Å². The summed E-state index contributed by atoms with van der Waals surface area (Å²) >= 11 is 5.09. The van der Waals surface area contributed by atoms with Crippen molar-refractivity contribution in [3.05, 3.63) is 59.9 Å². The fourth-order valence-corrected chi connectivity index (χ4v) is 1.90. The van der Waals surface area contributed by atoms with Gasteiger partial charge in [-0.3, -0.25) is 9.78 Å². The molecule has 6 heteroatoms. The quantitative estimate of drug-likeness (QED) is 0.656. The number of pyridine rings is 1. The predicted molar refractivity (Wildman–Crippen MR) is 89.9 cm³/mol. The third-order valence-electron chi connectivity index (χ3n) is 2.84. The standard InChI is InChI=1S/C16H17N3O2S/c1-12-4-6-14(7-5-12)19-16(22)21-10-9-18-15(20)13-3-2-8-17-11-13/h2-8,11H,9-10H2,1H3,(H,18,20)(H,19,22). The van der Waals surface area contributed by atoms with Gasteiger partial charge in [0.05, 0.1) is 12.1 Å². The lowest BCUT2D eigenvalue weighted by Crippen LogP contribution is -2.28. The van der Waals surface area contributed by atoms with Gasteiger partial charge in [-0.2, -0.15) is 0 Å². The molecule has 2 aromatic rings. The molecule has 1 amide bonds. The lowest BCUT2D eigenvalue weighted by Gasteiger charge is -2.10. The topological polar surface area (TPSA) is 63.2 Å². The first-order valence-electron chi connectivity index (χ1n) is 6.84. The van der Waals surface area contributed by atoms with Crippen molar-refractivity contribution in [3.63, 3.8) is 0 Å². The van der Waals surface area contributed by atoms with Crippen molar-refractivity contribution in [1.82, 2.24) is 10.3 Å². The van der Waals surface area contributed by atoms with Crippen molar-refractivity contribution in [2.75, 3.05) is 18.5 Å². The first-order valence-corrected chi connectivity index (χ1v) is 7.24. The van der Waals surface area contributed by atoms with Gasteiger partial charge in [0.1, 0.15) is 6.61 Å². The summed E-state index contributed by atoms with van der Waals surface area (Å²) in [5, 5.41) is 5.99. The third-order valence-corrected chi connectivity index (χ3v) is 3.06. The number of rotatable bonds is 5. The van der Waals surface area contributed by atoms with Crippen molar-refractivity contribution in [3.8, 4) is 0 Å². The average Bonchev–Trinajstić information content (AvgIpc) is 2.54. The molecule has 5 nitrogen and oxygen atoms in total. The van der Waals surface area contributed by atoms with Gasteiger partial charge in [0, 0.05) is 18.1 Å². The van der Waals surface area contributed by atoms with Crippen LogP contribution < -0.4 is 10.6 Å².